The second-order valence-electron chi connectivity index (χ2n) is 6.96. The zero-order valence-corrected chi connectivity index (χ0v) is 18.9. The van der Waals surface area contributed by atoms with Crippen molar-refractivity contribution in [2.75, 3.05) is 0 Å². The van der Waals surface area contributed by atoms with Crippen LogP contribution in [0.25, 0.3) is 6.08 Å². The topological polar surface area (TPSA) is 46.6 Å². The number of carbonyl (C=O) groups excluding carboxylic acids is 2. The van der Waals surface area contributed by atoms with Gasteiger partial charge in [-0.3, -0.25) is 14.5 Å². The maximum atomic E-state index is 13.9. The van der Waals surface area contributed by atoms with Crippen LogP contribution >= 0.6 is 35.0 Å². The minimum atomic E-state index is -0.457. The maximum Gasteiger partial charge on any atom is 0.293 e. The summed E-state index contributed by atoms with van der Waals surface area (Å²) >= 11 is 12.9. The van der Waals surface area contributed by atoms with Crippen molar-refractivity contribution in [1.82, 2.24) is 4.90 Å². The molecule has 8 heteroatoms. The van der Waals surface area contributed by atoms with E-state index in [2.05, 4.69) is 0 Å². The largest absolute Gasteiger partial charge is 0.489 e. The van der Waals surface area contributed by atoms with Crippen LogP contribution in [0.4, 0.5) is 9.18 Å². The first-order chi connectivity index (χ1) is 15.4. The Bertz CT molecular complexity index is 1230. The lowest BCUT2D eigenvalue weighted by atomic mass is 10.2. The third-order valence-corrected chi connectivity index (χ3v) is 6.22. The number of hydrogen-bond donors (Lipinski definition) is 0. The van der Waals surface area contributed by atoms with Gasteiger partial charge in [-0.25, -0.2) is 4.39 Å². The standard InChI is InChI=1S/C24H16Cl2FNO3S/c25-18-9-8-17(20(26)12-18)14-31-19-6-3-4-15(10-19)11-22-23(29)28(24(30)32-22)13-16-5-1-2-7-21(16)27/h1-12H,13-14H2/b22-11-. The number of ether oxygens (including phenoxy) is 1. The Hall–Kier alpha value is -2.80. The minimum absolute atomic E-state index is 0.111. The summed E-state index contributed by atoms with van der Waals surface area (Å²) in [5, 5.41) is 0.621. The number of carbonyl (C=O) groups is 2. The number of nitrogens with zero attached hydrogens (tertiary/aromatic N) is 1. The summed E-state index contributed by atoms with van der Waals surface area (Å²) in [5.41, 5.74) is 1.77. The monoisotopic (exact) mass is 487 g/mol. The Morgan fingerprint density at radius 3 is 2.56 bits per heavy atom. The van der Waals surface area contributed by atoms with Crippen LogP contribution in [0.2, 0.25) is 10.0 Å². The van der Waals surface area contributed by atoms with Crippen molar-refractivity contribution >= 4 is 52.2 Å². The van der Waals surface area contributed by atoms with Gasteiger partial charge in [-0.15, -0.1) is 0 Å². The molecule has 0 aliphatic carbocycles. The Kier molecular flexibility index (Phi) is 6.84. The van der Waals surface area contributed by atoms with Crippen molar-refractivity contribution in [3.05, 3.63) is 104 Å². The SMILES string of the molecule is O=C1S/C(=C\c2cccc(OCc3ccc(Cl)cc3Cl)c2)C(=O)N1Cc1ccccc1F. The first-order valence-electron chi connectivity index (χ1n) is 9.56. The van der Waals surface area contributed by atoms with E-state index in [-0.39, 0.29) is 23.6 Å². The maximum absolute atomic E-state index is 13.9. The van der Waals surface area contributed by atoms with Crippen LogP contribution in [-0.2, 0) is 17.9 Å². The highest BCUT2D eigenvalue weighted by Crippen LogP contribution is 2.34. The van der Waals surface area contributed by atoms with E-state index in [1.54, 1.807) is 66.7 Å². The van der Waals surface area contributed by atoms with E-state index in [1.165, 1.54) is 6.07 Å². The van der Waals surface area contributed by atoms with Gasteiger partial charge >= 0.3 is 0 Å². The van der Waals surface area contributed by atoms with Gasteiger partial charge in [0.05, 0.1) is 11.4 Å². The summed E-state index contributed by atoms with van der Waals surface area (Å²) < 4.78 is 19.7. The number of amides is 2. The third-order valence-electron chi connectivity index (χ3n) is 4.73. The van der Waals surface area contributed by atoms with Crippen LogP contribution < -0.4 is 4.74 Å². The van der Waals surface area contributed by atoms with Gasteiger partial charge in [-0.2, -0.15) is 0 Å². The molecule has 162 valence electrons. The zero-order chi connectivity index (χ0) is 22.7. The quantitative estimate of drug-likeness (QED) is 0.353. The molecule has 1 fully saturated rings. The second kappa shape index (κ2) is 9.77. The van der Waals surface area contributed by atoms with Crippen LogP contribution in [0.5, 0.6) is 5.75 Å². The van der Waals surface area contributed by atoms with Gasteiger partial charge in [0.1, 0.15) is 18.2 Å². The number of benzene rings is 3. The van der Waals surface area contributed by atoms with Crippen molar-refractivity contribution in [3.63, 3.8) is 0 Å². The molecule has 0 saturated carbocycles. The van der Waals surface area contributed by atoms with Gasteiger partial charge in [0.2, 0.25) is 0 Å². The highest BCUT2D eigenvalue weighted by molar-refractivity contribution is 8.18. The van der Waals surface area contributed by atoms with E-state index in [1.807, 2.05) is 0 Å². The smallest absolute Gasteiger partial charge is 0.293 e. The van der Waals surface area contributed by atoms with E-state index in [4.69, 9.17) is 27.9 Å². The summed E-state index contributed by atoms with van der Waals surface area (Å²) in [6.07, 6.45) is 1.62. The van der Waals surface area contributed by atoms with Crippen molar-refractivity contribution in [1.29, 1.82) is 0 Å². The summed E-state index contributed by atoms with van der Waals surface area (Å²) in [5.74, 6) is -0.334. The Morgan fingerprint density at radius 2 is 1.78 bits per heavy atom. The van der Waals surface area contributed by atoms with Crippen molar-refractivity contribution in [2.24, 2.45) is 0 Å². The first-order valence-corrected chi connectivity index (χ1v) is 11.1. The van der Waals surface area contributed by atoms with E-state index in [0.717, 1.165) is 22.2 Å². The normalized spacial score (nSPS) is 15.0. The molecule has 0 atom stereocenters. The molecule has 1 aliphatic heterocycles. The molecule has 1 aliphatic rings. The van der Waals surface area contributed by atoms with Crippen LogP contribution in [0.1, 0.15) is 16.7 Å². The lowest BCUT2D eigenvalue weighted by molar-refractivity contribution is -0.123. The summed E-state index contributed by atoms with van der Waals surface area (Å²) in [6, 6.07) is 18.4. The highest BCUT2D eigenvalue weighted by Gasteiger charge is 2.35. The van der Waals surface area contributed by atoms with Gasteiger partial charge in [-0.1, -0.05) is 59.6 Å². The van der Waals surface area contributed by atoms with Crippen LogP contribution in [0, 0.1) is 5.82 Å². The van der Waals surface area contributed by atoms with E-state index >= 15 is 0 Å². The van der Waals surface area contributed by atoms with Crippen LogP contribution in [0.15, 0.2) is 71.6 Å². The molecule has 4 rings (SSSR count). The van der Waals surface area contributed by atoms with E-state index in [0.29, 0.717) is 21.4 Å². The molecule has 0 radical (unpaired) electrons. The zero-order valence-electron chi connectivity index (χ0n) is 16.6. The Morgan fingerprint density at radius 1 is 0.969 bits per heavy atom. The second-order valence-corrected chi connectivity index (χ2v) is 8.79. The Labute approximate surface area is 198 Å². The third kappa shape index (κ3) is 5.15. The number of rotatable bonds is 6. The number of halogens is 3. The van der Waals surface area contributed by atoms with Crippen LogP contribution in [-0.4, -0.2) is 16.0 Å². The molecule has 0 N–H and O–H groups in total. The average molecular weight is 488 g/mol. The van der Waals surface area contributed by atoms with E-state index in [9.17, 15) is 14.0 Å². The number of thioether (sulfide) groups is 1. The lowest BCUT2D eigenvalue weighted by Crippen LogP contribution is -2.27. The molecule has 2 amide bonds. The lowest BCUT2D eigenvalue weighted by Gasteiger charge is -2.12. The molecular formula is C24H16Cl2FNO3S. The molecule has 3 aromatic rings. The van der Waals surface area contributed by atoms with Crippen LogP contribution in [0.3, 0.4) is 0 Å². The molecule has 1 saturated heterocycles. The predicted octanol–water partition coefficient (Wildman–Crippen LogP) is 6.95. The fourth-order valence-electron chi connectivity index (χ4n) is 3.08. The minimum Gasteiger partial charge on any atom is -0.489 e. The molecular weight excluding hydrogens is 472 g/mol. The fraction of sp³-hybridized carbons (Fsp3) is 0.0833. The van der Waals surface area contributed by atoms with Gasteiger partial charge in [0, 0.05) is 21.2 Å². The molecule has 3 aromatic carbocycles. The molecule has 0 bridgehead atoms. The highest BCUT2D eigenvalue weighted by atomic mass is 35.5. The first kappa shape index (κ1) is 22.4. The van der Waals surface area contributed by atoms with Crippen molar-refractivity contribution in [3.8, 4) is 5.75 Å². The molecule has 0 spiro atoms. The van der Waals surface area contributed by atoms with Gasteiger partial charge in [0.15, 0.2) is 0 Å². The summed E-state index contributed by atoms with van der Waals surface area (Å²) in [4.78, 5) is 26.4. The Balaban J connectivity index is 1.47. The van der Waals surface area contributed by atoms with E-state index < -0.39 is 17.0 Å². The predicted molar refractivity (Wildman–Crippen MR) is 125 cm³/mol. The van der Waals surface area contributed by atoms with Gasteiger partial charge < -0.3 is 4.74 Å². The molecule has 0 aromatic heterocycles. The molecule has 0 unspecified atom stereocenters. The molecule has 4 nitrogen and oxygen atoms in total. The summed E-state index contributed by atoms with van der Waals surface area (Å²) in [6.45, 7) is 0.137. The fourth-order valence-corrected chi connectivity index (χ4v) is 4.38. The van der Waals surface area contributed by atoms with Crippen molar-refractivity contribution in [2.45, 2.75) is 13.2 Å². The average Bonchev–Trinajstić information content (AvgIpc) is 3.02. The van der Waals surface area contributed by atoms with Gasteiger partial charge in [-0.05, 0) is 53.7 Å². The van der Waals surface area contributed by atoms with Gasteiger partial charge in [0.25, 0.3) is 11.1 Å². The summed E-state index contributed by atoms with van der Waals surface area (Å²) in [7, 11) is 0. The number of imide groups is 1. The number of hydrogen-bond acceptors (Lipinski definition) is 4. The van der Waals surface area contributed by atoms with Crippen molar-refractivity contribution < 1.29 is 18.7 Å². The molecule has 1 heterocycles. The molecule has 32 heavy (non-hydrogen) atoms.